The molecule has 1 aromatic carbocycles. The molecule has 8 nitrogen and oxygen atoms in total. The van der Waals surface area contributed by atoms with Gasteiger partial charge in [-0.15, -0.1) is 0 Å². The van der Waals surface area contributed by atoms with Crippen LogP contribution in [0, 0.1) is 6.92 Å². The third kappa shape index (κ3) is 5.31. The maximum atomic E-state index is 14.8. The highest BCUT2D eigenvalue weighted by molar-refractivity contribution is 5.77. The molecule has 4 aromatic rings. The van der Waals surface area contributed by atoms with Gasteiger partial charge in [0.15, 0.2) is 5.82 Å². The van der Waals surface area contributed by atoms with Gasteiger partial charge in [0.1, 0.15) is 28.8 Å². The summed E-state index contributed by atoms with van der Waals surface area (Å²) in [5.74, 6) is -1.91. The van der Waals surface area contributed by atoms with Crippen LogP contribution in [0.5, 0.6) is 11.5 Å². The number of aryl methyl sites for hydroxylation is 2. The van der Waals surface area contributed by atoms with Gasteiger partial charge < -0.3 is 19.9 Å². The second kappa shape index (κ2) is 10.4. The highest BCUT2D eigenvalue weighted by Gasteiger charge is 2.43. The van der Waals surface area contributed by atoms with Crippen LogP contribution in [0.25, 0.3) is 5.52 Å². The van der Waals surface area contributed by atoms with E-state index >= 15 is 0 Å². The highest BCUT2D eigenvalue weighted by Crippen LogP contribution is 2.41. The van der Waals surface area contributed by atoms with Crippen LogP contribution < -0.4 is 20.9 Å². The lowest BCUT2D eigenvalue weighted by molar-refractivity contribution is -0.0415. The molecule has 4 heterocycles. The normalized spacial score (nSPS) is 17.4. The van der Waals surface area contributed by atoms with Gasteiger partial charge in [0, 0.05) is 37.4 Å². The van der Waals surface area contributed by atoms with E-state index in [2.05, 4.69) is 25.7 Å². The molecule has 0 amide bonds. The molecule has 10 heteroatoms. The molecule has 0 spiro atoms. The van der Waals surface area contributed by atoms with Gasteiger partial charge in [-0.25, -0.2) is 23.3 Å². The van der Waals surface area contributed by atoms with E-state index in [1.165, 1.54) is 6.33 Å². The lowest BCUT2D eigenvalue weighted by Gasteiger charge is -2.31. The molecule has 3 aromatic heterocycles. The predicted octanol–water partition coefficient (Wildman–Crippen LogP) is 5.45. The van der Waals surface area contributed by atoms with Crippen molar-refractivity contribution in [3.8, 4) is 11.5 Å². The molecule has 1 aliphatic heterocycles. The number of pyridine rings is 1. The highest BCUT2D eigenvalue weighted by atomic mass is 19.3. The smallest absolute Gasteiger partial charge is 0.267 e. The van der Waals surface area contributed by atoms with Crippen molar-refractivity contribution >= 4 is 17.0 Å². The number of nitrogens with zero attached hydrogens (tertiary/aromatic N) is 5. The molecular formula is C28H31F2N7O. The second-order valence-corrected chi connectivity index (χ2v) is 9.83. The van der Waals surface area contributed by atoms with Gasteiger partial charge in [0.05, 0.1) is 12.5 Å². The first-order valence-electron chi connectivity index (χ1n) is 12.5. The van der Waals surface area contributed by atoms with Crippen molar-refractivity contribution in [1.29, 1.82) is 0 Å². The SMILES string of the molecule is CC(C)=CN=c1cc(Oc2ccc(Nc3ncnn4ccc(C5CCNCC5(F)F)c34)cc2C)ccn1C. The Bertz CT molecular complexity index is 1570. The number of halogens is 2. The minimum Gasteiger partial charge on any atom is -0.457 e. The third-order valence-electron chi connectivity index (χ3n) is 6.56. The molecule has 1 unspecified atom stereocenters. The van der Waals surface area contributed by atoms with Crippen LogP contribution in [0.4, 0.5) is 20.3 Å². The molecule has 5 rings (SSSR count). The van der Waals surface area contributed by atoms with Crippen molar-refractivity contribution in [2.45, 2.75) is 39.0 Å². The Balaban J connectivity index is 1.41. The summed E-state index contributed by atoms with van der Waals surface area (Å²) in [5, 5.41) is 10.3. The fourth-order valence-electron chi connectivity index (χ4n) is 4.60. The molecule has 38 heavy (non-hydrogen) atoms. The van der Waals surface area contributed by atoms with E-state index in [9.17, 15) is 8.78 Å². The van der Waals surface area contributed by atoms with E-state index in [-0.39, 0.29) is 6.54 Å². The molecule has 2 N–H and O–H groups in total. The molecule has 0 aliphatic carbocycles. The number of nitrogens with one attached hydrogen (secondary N) is 2. The number of aromatic nitrogens is 4. The topological polar surface area (TPSA) is 80.8 Å². The summed E-state index contributed by atoms with van der Waals surface area (Å²) >= 11 is 0. The summed E-state index contributed by atoms with van der Waals surface area (Å²) < 4.78 is 39.2. The number of hydrogen-bond donors (Lipinski definition) is 2. The molecular weight excluding hydrogens is 488 g/mol. The standard InChI is InChI=1S/C28H31F2N7O/c1-18(2)15-32-25-14-21(8-11-36(25)4)38-24-6-5-20(13-19(24)3)35-27-26-22(9-12-37(26)34-17-33-27)23-7-10-31-16-28(23,29)30/h5-6,8-9,11-15,17,23,31H,7,10,16H2,1-4H3,(H,33,34,35). The maximum absolute atomic E-state index is 14.8. The predicted molar refractivity (Wildman–Crippen MR) is 143 cm³/mol. The minimum atomic E-state index is -2.85. The van der Waals surface area contributed by atoms with Gasteiger partial charge in [-0.1, -0.05) is 5.57 Å². The Morgan fingerprint density at radius 2 is 2.05 bits per heavy atom. The third-order valence-corrected chi connectivity index (χ3v) is 6.56. The first kappa shape index (κ1) is 25.6. The van der Waals surface area contributed by atoms with Crippen LogP contribution in [0.15, 0.2) is 71.9 Å². The van der Waals surface area contributed by atoms with Crippen molar-refractivity contribution < 1.29 is 13.5 Å². The number of allylic oxidation sites excluding steroid dienone is 1. The number of piperidine rings is 1. The number of anilines is 2. The summed E-state index contributed by atoms with van der Waals surface area (Å²) in [6.07, 6.45) is 7.18. The molecule has 1 atom stereocenters. The zero-order valence-corrected chi connectivity index (χ0v) is 21.9. The van der Waals surface area contributed by atoms with Crippen LogP contribution in [-0.4, -0.2) is 38.2 Å². The van der Waals surface area contributed by atoms with Crippen LogP contribution in [0.2, 0.25) is 0 Å². The monoisotopic (exact) mass is 519 g/mol. The molecule has 1 saturated heterocycles. The molecule has 0 radical (unpaired) electrons. The van der Waals surface area contributed by atoms with Gasteiger partial charge >= 0.3 is 0 Å². The fourth-order valence-corrected chi connectivity index (χ4v) is 4.60. The second-order valence-electron chi connectivity index (χ2n) is 9.83. The van der Waals surface area contributed by atoms with Gasteiger partial charge in [0.2, 0.25) is 0 Å². The van der Waals surface area contributed by atoms with Gasteiger partial charge in [-0.2, -0.15) is 5.10 Å². The van der Waals surface area contributed by atoms with E-state index in [1.54, 1.807) is 16.8 Å². The largest absolute Gasteiger partial charge is 0.457 e. The molecule has 1 fully saturated rings. The van der Waals surface area contributed by atoms with Crippen LogP contribution in [0.3, 0.4) is 0 Å². The average molecular weight is 520 g/mol. The van der Waals surface area contributed by atoms with Crippen molar-refractivity contribution in [2.24, 2.45) is 12.0 Å². The van der Waals surface area contributed by atoms with E-state index < -0.39 is 11.8 Å². The minimum absolute atomic E-state index is 0.337. The zero-order valence-electron chi connectivity index (χ0n) is 21.9. The average Bonchev–Trinajstić information content (AvgIpc) is 3.30. The summed E-state index contributed by atoms with van der Waals surface area (Å²) in [7, 11) is 1.93. The summed E-state index contributed by atoms with van der Waals surface area (Å²) in [5.41, 5.74) is 4.64. The lowest BCUT2D eigenvalue weighted by atomic mass is 9.87. The Labute approximate surface area is 219 Å². The number of benzene rings is 1. The van der Waals surface area contributed by atoms with Crippen molar-refractivity contribution in [1.82, 2.24) is 24.5 Å². The van der Waals surface area contributed by atoms with Crippen molar-refractivity contribution in [2.75, 3.05) is 18.4 Å². The maximum Gasteiger partial charge on any atom is 0.267 e. The summed E-state index contributed by atoms with van der Waals surface area (Å²) in [6, 6.07) is 11.2. The molecule has 1 aliphatic rings. The fraction of sp³-hybridized carbons (Fsp3) is 0.321. The summed E-state index contributed by atoms with van der Waals surface area (Å²) in [4.78, 5) is 8.90. The van der Waals surface area contributed by atoms with E-state index in [0.29, 0.717) is 41.4 Å². The van der Waals surface area contributed by atoms with E-state index in [4.69, 9.17) is 4.74 Å². The lowest BCUT2D eigenvalue weighted by Crippen LogP contribution is -2.44. The number of ether oxygens (including phenoxy) is 1. The van der Waals surface area contributed by atoms with E-state index in [1.807, 2.05) is 75.1 Å². The first-order chi connectivity index (χ1) is 18.2. The van der Waals surface area contributed by atoms with Crippen molar-refractivity contribution in [3.63, 3.8) is 0 Å². The van der Waals surface area contributed by atoms with Crippen LogP contribution in [0.1, 0.15) is 37.3 Å². The van der Waals surface area contributed by atoms with E-state index in [0.717, 1.165) is 22.3 Å². The quantitative estimate of drug-likeness (QED) is 0.354. The molecule has 0 saturated carbocycles. The molecule has 0 bridgehead atoms. The number of alkyl halides is 2. The van der Waals surface area contributed by atoms with Gasteiger partial charge in [-0.05, 0) is 75.2 Å². The Morgan fingerprint density at radius 1 is 1.21 bits per heavy atom. The van der Waals surface area contributed by atoms with Crippen molar-refractivity contribution in [3.05, 3.63) is 83.5 Å². The summed E-state index contributed by atoms with van der Waals surface area (Å²) in [6.45, 7) is 6.14. The van der Waals surface area contributed by atoms with Crippen LogP contribution in [-0.2, 0) is 7.05 Å². The number of hydrogen-bond acceptors (Lipinski definition) is 6. The van der Waals surface area contributed by atoms with Crippen LogP contribution >= 0.6 is 0 Å². The zero-order chi connectivity index (χ0) is 26.9. The molecule has 198 valence electrons. The van der Waals surface area contributed by atoms with Gasteiger partial charge in [0.25, 0.3) is 5.92 Å². The first-order valence-corrected chi connectivity index (χ1v) is 12.5. The Hall–Kier alpha value is -4.05. The number of rotatable bonds is 6. The van der Waals surface area contributed by atoms with Gasteiger partial charge in [-0.3, -0.25) is 0 Å². The Morgan fingerprint density at radius 3 is 2.82 bits per heavy atom. The Kier molecular flexibility index (Phi) is 6.98. The number of fused-ring (bicyclic) bond motifs is 1.